The summed E-state index contributed by atoms with van der Waals surface area (Å²) >= 11 is 1.07. The van der Waals surface area contributed by atoms with E-state index in [9.17, 15) is 18.0 Å². The normalized spacial score (nSPS) is 11.8. The van der Waals surface area contributed by atoms with Crippen LogP contribution in [0.4, 0.5) is 13.2 Å². The molecule has 8 heteroatoms. The minimum absolute atomic E-state index is 0.0289. The van der Waals surface area contributed by atoms with E-state index >= 15 is 0 Å². The van der Waals surface area contributed by atoms with Crippen LogP contribution in [0.1, 0.15) is 25.0 Å². The van der Waals surface area contributed by atoms with Crippen LogP contribution >= 0.6 is 11.8 Å². The SMILES string of the molecule is O=c1cc(C(F)(F)F)nc(SCCCCCO)[nH]1. The van der Waals surface area contributed by atoms with Gasteiger partial charge in [-0.3, -0.25) is 4.79 Å². The van der Waals surface area contributed by atoms with E-state index in [1.165, 1.54) is 0 Å². The predicted octanol–water partition coefficient (Wildman–Crippen LogP) is 2.04. The molecular formula is C10H13F3N2O2S. The van der Waals surface area contributed by atoms with Gasteiger partial charge in [-0.15, -0.1) is 0 Å². The molecule has 4 nitrogen and oxygen atoms in total. The third kappa shape index (κ3) is 5.09. The lowest BCUT2D eigenvalue weighted by Gasteiger charge is -2.06. The van der Waals surface area contributed by atoms with E-state index in [4.69, 9.17) is 5.11 Å². The fraction of sp³-hybridized carbons (Fsp3) is 0.600. The topological polar surface area (TPSA) is 66.0 Å². The highest BCUT2D eigenvalue weighted by atomic mass is 32.2. The van der Waals surface area contributed by atoms with Crippen molar-refractivity contribution in [3.63, 3.8) is 0 Å². The number of nitrogens with zero attached hydrogens (tertiary/aromatic N) is 1. The number of aliphatic hydroxyl groups excluding tert-OH is 1. The summed E-state index contributed by atoms with van der Waals surface area (Å²) in [6.45, 7) is 0.101. The first-order valence-corrected chi connectivity index (χ1v) is 6.34. The summed E-state index contributed by atoms with van der Waals surface area (Å²) in [7, 11) is 0. The first-order chi connectivity index (χ1) is 8.43. The smallest absolute Gasteiger partial charge is 0.396 e. The Morgan fingerprint density at radius 1 is 1.33 bits per heavy atom. The first kappa shape index (κ1) is 15.0. The van der Waals surface area contributed by atoms with Gasteiger partial charge in [-0.1, -0.05) is 18.2 Å². The number of aromatic amines is 1. The molecule has 18 heavy (non-hydrogen) atoms. The molecule has 0 saturated heterocycles. The minimum atomic E-state index is -4.61. The zero-order valence-electron chi connectivity index (χ0n) is 9.46. The van der Waals surface area contributed by atoms with E-state index < -0.39 is 17.4 Å². The number of hydrogen-bond donors (Lipinski definition) is 2. The lowest BCUT2D eigenvalue weighted by atomic mass is 10.3. The van der Waals surface area contributed by atoms with Crippen molar-refractivity contribution in [2.45, 2.75) is 30.6 Å². The number of unbranched alkanes of at least 4 members (excludes halogenated alkanes) is 2. The molecule has 0 aliphatic rings. The van der Waals surface area contributed by atoms with E-state index in [2.05, 4.69) is 9.97 Å². The molecule has 1 rings (SSSR count). The summed E-state index contributed by atoms with van der Waals surface area (Å²) in [5.41, 5.74) is -1.99. The molecule has 0 spiro atoms. The summed E-state index contributed by atoms with van der Waals surface area (Å²) in [5.74, 6) is 0.546. The third-order valence-electron chi connectivity index (χ3n) is 2.05. The molecule has 0 atom stereocenters. The quantitative estimate of drug-likeness (QED) is 0.476. The molecule has 0 unspecified atom stereocenters. The number of aromatic nitrogens is 2. The van der Waals surface area contributed by atoms with Crippen molar-refractivity contribution in [3.8, 4) is 0 Å². The Balaban J connectivity index is 2.61. The highest BCUT2D eigenvalue weighted by Crippen LogP contribution is 2.27. The van der Waals surface area contributed by atoms with Gasteiger partial charge in [-0.25, -0.2) is 4.98 Å². The van der Waals surface area contributed by atoms with E-state index in [0.717, 1.165) is 24.6 Å². The van der Waals surface area contributed by atoms with Gasteiger partial charge in [0.05, 0.1) is 0 Å². The van der Waals surface area contributed by atoms with Crippen molar-refractivity contribution in [3.05, 3.63) is 22.1 Å². The summed E-state index contributed by atoms with van der Waals surface area (Å²) in [4.78, 5) is 16.7. The Labute approximate surface area is 106 Å². The van der Waals surface area contributed by atoms with Gasteiger partial charge in [0.25, 0.3) is 5.56 Å². The van der Waals surface area contributed by atoms with Crippen molar-refractivity contribution in [1.82, 2.24) is 9.97 Å². The second-order valence-corrected chi connectivity index (χ2v) is 4.65. The van der Waals surface area contributed by atoms with Gasteiger partial charge in [0.15, 0.2) is 10.9 Å². The summed E-state index contributed by atoms with van der Waals surface area (Å²) in [5, 5.41) is 8.52. The lowest BCUT2D eigenvalue weighted by molar-refractivity contribution is -0.141. The van der Waals surface area contributed by atoms with Crippen LogP contribution < -0.4 is 5.56 Å². The van der Waals surface area contributed by atoms with Gasteiger partial charge in [-0.2, -0.15) is 13.2 Å². The van der Waals surface area contributed by atoms with Crippen molar-refractivity contribution >= 4 is 11.8 Å². The fourth-order valence-corrected chi connectivity index (χ4v) is 2.09. The Morgan fingerprint density at radius 3 is 2.67 bits per heavy atom. The number of H-pyrrole nitrogens is 1. The molecule has 102 valence electrons. The molecule has 0 bridgehead atoms. The van der Waals surface area contributed by atoms with E-state index in [0.29, 0.717) is 18.2 Å². The minimum Gasteiger partial charge on any atom is -0.396 e. The van der Waals surface area contributed by atoms with Crippen LogP contribution in [-0.2, 0) is 6.18 Å². The zero-order chi connectivity index (χ0) is 13.6. The monoisotopic (exact) mass is 282 g/mol. The summed E-state index contributed by atoms with van der Waals surface area (Å²) < 4.78 is 37.2. The van der Waals surface area contributed by atoms with Crippen LogP contribution in [0.2, 0.25) is 0 Å². The van der Waals surface area contributed by atoms with E-state index in [1.54, 1.807) is 0 Å². The number of alkyl halides is 3. The molecule has 1 heterocycles. The highest BCUT2D eigenvalue weighted by molar-refractivity contribution is 7.99. The van der Waals surface area contributed by atoms with Crippen molar-refractivity contribution in [2.24, 2.45) is 0 Å². The molecule has 0 aliphatic heterocycles. The average Bonchev–Trinajstić information content (AvgIpc) is 2.27. The van der Waals surface area contributed by atoms with Crippen LogP contribution in [0.5, 0.6) is 0 Å². The molecule has 0 amide bonds. The van der Waals surface area contributed by atoms with Gasteiger partial charge in [0, 0.05) is 18.4 Å². The molecular weight excluding hydrogens is 269 g/mol. The van der Waals surface area contributed by atoms with E-state index in [-0.39, 0.29) is 11.8 Å². The van der Waals surface area contributed by atoms with Crippen LogP contribution in [0.25, 0.3) is 0 Å². The second-order valence-electron chi connectivity index (χ2n) is 3.57. The molecule has 1 aromatic rings. The Morgan fingerprint density at radius 2 is 2.06 bits per heavy atom. The maximum Gasteiger partial charge on any atom is 0.433 e. The maximum atomic E-state index is 12.4. The van der Waals surface area contributed by atoms with Crippen molar-refractivity contribution < 1.29 is 18.3 Å². The average molecular weight is 282 g/mol. The van der Waals surface area contributed by atoms with Gasteiger partial charge in [0.1, 0.15) is 0 Å². The molecule has 2 N–H and O–H groups in total. The fourth-order valence-electron chi connectivity index (χ4n) is 1.21. The largest absolute Gasteiger partial charge is 0.433 e. The third-order valence-corrected chi connectivity index (χ3v) is 3.01. The van der Waals surface area contributed by atoms with Crippen molar-refractivity contribution in [1.29, 1.82) is 0 Å². The van der Waals surface area contributed by atoms with Gasteiger partial charge in [-0.05, 0) is 12.8 Å². The number of rotatable bonds is 6. The predicted molar refractivity (Wildman–Crippen MR) is 61.5 cm³/mol. The Hall–Kier alpha value is -1.02. The molecule has 0 saturated carbocycles. The van der Waals surface area contributed by atoms with Gasteiger partial charge < -0.3 is 10.1 Å². The van der Waals surface area contributed by atoms with Crippen LogP contribution in [0.3, 0.4) is 0 Å². The van der Waals surface area contributed by atoms with E-state index in [1.807, 2.05) is 0 Å². The number of thioether (sulfide) groups is 1. The maximum absolute atomic E-state index is 12.4. The standard InChI is InChI=1S/C10H13F3N2O2S/c11-10(12,13)7-6-8(17)15-9(14-7)18-5-3-1-2-4-16/h6,16H,1-5H2,(H,14,15,17). The molecule has 0 aliphatic carbocycles. The van der Waals surface area contributed by atoms with Gasteiger partial charge >= 0.3 is 6.18 Å². The number of halogens is 3. The Kier molecular flexibility index (Phi) is 5.67. The van der Waals surface area contributed by atoms with Crippen LogP contribution in [0, 0.1) is 0 Å². The van der Waals surface area contributed by atoms with Crippen molar-refractivity contribution in [2.75, 3.05) is 12.4 Å². The summed E-state index contributed by atoms with van der Waals surface area (Å²) in [6, 6.07) is 0.440. The lowest BCUT2D eigenvalue weighted by Crippen LogP contribution is -2.16. The molecule has 0 fully saturated rings. The first-order valence-electron chi connectivity index (χ1n) is 5.35. The number of hydrogen-bond acceptors (Lipinski definition) is 4. The molecule has 0 aromatic carbocycles. The van der Waals surface area contributed by atoms with Crippen LogP contribution in [0.15, 0.2) is 16.0 Å². The summed E-state index contributed by atoms with van der Waals surface area (Å²) in [6.07, 6.45) is -2.43. The number of aliphatic hydroxyl groups is 1. The Bertz CT molecular complexity index is 434. The van der Waals surface area contributed by atoms with Crippen LogP contribution in [-0.4, -0.2) is 27.4 Å². The zero-order valence-corrected chi connectivity index (χ0v) is 10.3. The second kappa shape index (κ2) is 6.79. The molecule has 1 aromatic heterocycles. The van der Waals surface area contributed by atoms with Gasteiger partial charge in [0.2, 0.25) is 0 Å². The highest BCUT2D eigenvalue weighted by Gasteiger charge is 2.33. The molecule has 0 radical (unpaired) electrons. The number of nitrogens with one attached hydrogen (secondary N) is 1.